The predicted octanol–water partition coefficient (Wildman–Crippen LogP) is 1.73. The molecular formula is C13H18ClN3O. The van der Waals surface area contributed by atoms with Crippen LogP contribution in [0.25, 0.3) is 0 Å². The van der Waals surface area contributed by atoms with Gasteiger partial charge in [0.2, 0.25) is 0 Å². The summed E-state index contributed by atoms with van der Waals surface area (Å²) in [6.07, 6.45) is 0.932. The molecule has 0 aromatic heterocycles. The van der Waals surface area contributed by atoms with Crippen molar-refractivity contribution in [2.45, 2.75) is 13.3 Å². The molecule has 0 saturated carbocycles. The molecule has 0 bridgehead atoms. The molecule has 0 radical (unpaired) electrons. The molecule has 18 heavy (non-hydrogen) atoms. The van der Waals surface area contributed by atoms with E-state index in [-0.39, 0.29) is 11.3 Å². The smallest absolute Gasteiger partial charge is 0.255 e. The van der Waals surface area contributed by atoms with Gasteiger partial charge in [-0.3, -0.25) is 4.79 Å². The molecule has 1 atom stereocenters. The number of likely N-dealkylation sites (tertiary alicyclic amines) is 1. The normalized spacial score (nSPS) is 23.4. The van der Waals surface area contributed by atoms with Gasteiger partial charge in [-0.2, -0.15) is 0 Å². The zero-order chi connectivity index (χ0) is 13.3. The number of halogens is 1. The Morgan fingerprint density at radius 2 is 2.28 bits per heavy atom. The average Bonchev–Trinajstić information content (AvgIpc) is 2.72. The summed E-state index contributed by atoms with van der Waals surface area (Å²) >= 11 is 6.06. The third-order valence-electron chi connectivity index (χ3n) is 3.56. The van der Waals surface area contributed by atoms with Crippen LogP contribution in [0, 0.1) is 5.41 Å². The van der Waals surface area contributed by atoms with Crippen molar-refractivity contribution in [1.29, 1.82) is 0 Å². The molecule has 1 aromatic rings. The number of amides is 1. The number of carbonyl (C=O) groups is 1. The highest BCUT2D eigenvalue weighted by atomic mass is 35.5. The molecule has 1 aliphatic heterocycles. The lowest BCUT2D eigenvalue weighted by molar-refractivity contribution is 0.0777. The molecule has 0 aliphatic carbocycles. The van der Waals surface area contributed by atoms with Crippen molar-refractivity contribution in [3.05, 3.63) is 28.8 Å². The molecular weight excluding hydrogens is 250 g/mol. The molecule has 1 aromatic carbocycles. The second-order valence-corrected chi connectivity index (χ2v) is 5.64. The number of nitrogen functional groups attached to an aromatic ring is 1. The van der Waals surface area contributed by atoms with E-state index in [2.05, 4.69) is 6.92 Å². The van der Waals surface area contributed by atoms with Gasteiger partial charge in [0.1, 0.15) is 0 Å². The van der Waals surface area contributed by atoms with Gasteiger partial charge < -0.3 is 16.4 Å². The summed E-state index contributed by atoms with van der Waals surface area (Å²) in [7, 11) is 0. The fourth-order valence-corrected chi connectivity index (χ4v) is 2.51. The zero-order valence-electron chi connectivity index (χ0n) is 10.4. The lowest BCUT2D eigenvalue weighted by atomic mass is 9.90. The van der Waals surface area contributed by atoms with Crippen LogP contribution in [0.5, 0.6) is 0 Å². The quantitative estimate of drug-likeness (QED) is 0.802. The first kappa shape index (κ1) is 13.2. The van der Waals surface area contributed by atoms with Gasteiger partial charge in [0.15, 0.2) is 0 Å². The monoisotopic (exact) mass is 267 g/mol. The Hall–Kier alpha value is -1.26. The van der Waals surface area contributed by atoms with E-state index < -0.39 is 0 Å². The summed E-state index contributed by atoms with van der Waals surface area (Å²) in [5.41, 5.74) is 12.4. The number of carbonyl (C=O) groups excluding carboxylic acids is 1. The summed E-state index contributed by atoms with van der Waals surface area (Å²) < 4.78 is 0. The van der Waals surface area contributed by atoms with E-state index in [0.29, 0.717) is 29.4 Å². The van der Waals surface area contributed by atoms with Gasteiger partial charge in [0.25, 0.3) is 5.91 Å². The summed E-state index contributed by atoms with van der Waals surface area (Å²) in [4.78, 5) is 14.2. The number of nitrogens with zero attached hydrogens (tertiary/aromatic N) is 1. The van der Waals surface area contributed by atoms with Crippen molar-refractivity contribution in [1.82, 2.24) is 4.90 Å². The van der Waals surface area contributed by atoms with Gasteiger partial charge >= 0.3 is 0 Å². The van der Waals surface area contributed by atoms with Crippen molar-refractivity contribution >= 4 is 23.2 Å². The van der Waals surface area contributed by atoms with Crippen molar-refractivity contribution in [2.24, 2.45) is 11.1 Å². The molecule has 4 nitrogen and oxygen atoms in total. The Morgan fingerprint density at radius 3 is 2.83 bits per heavy atom. The maximum Gasteiger partial charge on any atom is 0.255 e. The number of hydrogen-bond donors (Lipinski definition) is 2. The van der Waals surface area contributed by atoms with Crippen LogP contribution >= 0.6 is 11.6 Å². The SMILES string of the molecule is CC1(CN)CCN(C(=O)c2ccc(N)cc2Cl)C1. The number of rotatable bonds is 2. The molecule has 1 saturated heterocycles. The Balaban J connectivity index is 2.18. The first-order valence-electron chi connectivity index (χ1n) is 5.99. The maximum atomic E-state index is 12.3. The van der Waals surface area contributed by atoms with Crippen LogP contribution in [0.2, 0.25) is 5.02 Å². The van der Waals surface area contributed by atoms with Crippen LogP contribution in [0.1, 0.15) is 23.7 Å². The minimum atomic E-state index is -0.0443. The van der Waals surface area contributed by atoms with E-state index in [4.69, 9.17) is 23.1 Å². The largest absolute Gasteiger partial charge is 0.399 e. The highest BCUT2D eigenvalue weighted by molar-refractivity contribution is 6.34. The van der Waals surface area contributed by atoms with Crippen LogP contribution in [0.3, 0.4) is 0 Å². The van der Waals surface area contributed by atoms with Gasteiger partial charge in [-0.1, -0.05) is 18.5 Å². The minimum Gasteiger partial charge on any atom is -0.399 e. The van der Waals surface area contributed by atoms with Crippen molar-refractivity contribution in [3.8, 4) is 0 Å². The molecule has 4 N–H and O–H groups in total. The molecule has 1 unspecified atom stereocenters. The number of benzene rings is 1. The van der Waals surface area contributed by atoms with Crippen LogP contribution in [-0.4, -0.2) is 30.4 Å². The Kier molecular flexibility index (Phi) is 3.50. The van der Waals surface area contributed by atoms with Gasteiger partial charge in [-0.05, 0) is 36.6 Å². The highest BCUT2D eigenvalue weighted by Gasteiger charge is 2.35. The van der Waals surface area contributed by atoms with E-state index in [0.717, 1.165) is 13.0 Å². The van der Waals surface area contributed by atoms with E-state index >= 15 is 0 Å². The molecule has 98 valence electrons. The molecule has 1 amide bonds. The maximum absolute atomic E-state index is 12.3. The molecule has 1 heterocycles. The lowest BCUT2D eigenvalue weighted by Crippen LogP contribution is -2.34. The first-order valence-corrected chi connectivity index (χ1v) is 6.37. The standard InChI is InChI=1S/C13H18ClN3O/c1-13(7-15)4-5-17(8-13)12(18)10-3-2-9(16)6-11(10)14/h2-3,6H,4-5,7-8,15-16H2,1H3. The summed E-state index contributed by atoms with van der Waals surface area (Å²) in [5.74, 6) is -0.0443. The third kappa shape index (κ3) is 2.44. The molecule has 1 fully saturated rings. The minimum absolute atomic E-state index is 0.0238. The van der Waals surface area contributed by atoms with Gasteiger partial charge in [-0.15, -0.1) is 0 Å². The van der Waals surface area contributed by atoms with Gasteiger partial charge in [0, 0.05) is 18.8 Å². The predicted molar refractivity (Wildman–Crippen MR) is 73.5 cm³/mol. The van der Waals surface area contributed by atoms with E-state index in [1.165, 1.54) is 0 Å². The number of nitrogens with two attached hydrogens (primary N) is 2. The van der Waals surface area contributed by atoms with Crippen LogP contribution in [-0.2, 0) is 0 Å². The van der Waals surface area contributed by atoms with Crippen molar-refractivity contribution in [2.75, 3.05) is 25.4 Å². The number of hydrogen-bond acceptors (Lipinski definition) is 3. The average molecular weight is 268 g/mol. The van der Waals surface area contributed by atoms with E-state index in [1.54, 1.807) is 18.2 Å². The Bertz CT molecular complexity index is 477. The fourth-order valence-electron chi connectivity index (χ4n) is 2.24. The van der Waals surface area contributed by atoms with Gasteiger partial charge in [0.05, 0.1) is 10.6 Å². The molecule has 0 spiro atoms. The summed E-state index contributed by atoms with van der Waals surface area (Å²) in [6.45, 7) is 4.10. The molecule has 1 aliphatic rings. The topological polar surface area (TPSA) is 72.3 Å². The zero-order valence-corrected chi connectivity index (χ0v) is 11.2. The van der Waals surface area contributed by atoms with Crippen LogP contribution in [0.4, 0.5) is 5.69 Å². The third-order valence-corrected chi connectivity index (χ3v) is 3.87. The molecule has 2 rings (SSSR count). The Morgan fingerprint density at radius 1 is 1.56 bits per heavy atom. The van der Waals surface area contributed by atoms with E-state index in [1.807, 2.05) is 4.90 Å². The lowest BCUT2D eigenvalue weighted by Gasteiger charge is -2.22. The second kappa shape index (κ2) is 4.78. The van der Waals surface area contributed by atoms with Crippen LogP contribution < -0.4 is 11.5 Å². The fraction of sp³-hybridized carbons (Fsp3) is 0.462. The second-order valence-electron chi connectivity index (χ2n) is 5.23. The summed E-state index contributed by atoms with van der Waals surface area (Å²) in [5, 5.41) is 0.404. The van der Waals surface area contributed by atoms with Gasteiger partial charge in [-0.25, -0.2) is 0 Å². The number of anilines is 1. The highest BCUT2D eigenvalue weighted by Crippen LogP contribution is 2.30. The van der Waals surface area contributed by atoms with Crippen LogP contribution in [0.15, 0.2) is 18.2 Å². The Labute approximate surface area is 112 Å². The van der Waals surface area contributed by atoms with Crippen molar-refractivity contribution in [3.63, 3.8) is 0 Å². The molecule has 5 heteroatoms. The summed E-state index contributed by atoms with van der Waals surface area (Å²) in [6, 6.07) is 4.97. The van der Waals surface area contributed by atoms with E-state index in [9.17, 15) is 4.79 Å². The first-order chi connectivity index (χ1) is 8.45. The van der Waals surface area contributed by atoms with Crippen molar-refractivity contribution < 1.29 is 4.79 Å².